The summed E-state index contributed by atoms with van der Waals surface area (Å²) in [5, 5.41) is 10.1. The molecular formula is C16H22FNO. The second-order valence-electron chi connectivity index (χ2n) is 5.97. The van der Waals surface area contributed by atoms with Crippen LogP contribution in [0.2, 0.25) is 0 Å². The van der Waals surface area contributed by atoms with E-state index in [9.17, 15) is 9.50 Å². The molecule has 1 saturated carbocycles. The summed E-state index contributed by atoms with van der Waals surface area (Å²) in [6, 6.07) is 7.32. The third-order valence-corrected chi connectivity index (χ3v) is 4.74. The highest BCUT2D eigenvalue weighted by atomic mass is 19.1. The first-order valence-electron chi connectivity index (χ1n) is 7.40. The van der Waals surface area contributed by atoms with Gasteiger partial charge in [-0.05, 0) is 49.9 Å². The molecule has 1 aromatic carbocycles. The third kappa shape index (κ3) is 2.82. The van der Waals surface area contributed by atoms with Crippen LogP contribution in [-0.2, 0) is 6.54 Å². The Labute approximate surface area is 114 Å². The molecule has 1 aliphatic carbocycles. The lowest BCUT2D eigenvalue weighted by atomic mass is 9.94. The molecule has 19 heavy (non-hydrogen) atoms. The molecule has 3 heteroatoms. The molecule has 1 heterocycles. The Hall–Kier alpha value is -0.930. The van der Waals surface area contributed by atoms with E-state index in [0.29, 0.717) is 12.0 Å². The molecule has 0 aromatic heterocycles. The van der Waals surface area contributed by atoms with Crippen LogP contribution in [0.1, 0.15) is 37.7 Å². The van der Waals surface area contributed by atoms with Gasteiger partial charge in [0.1, 0.15) is 5.82 Å². The number of aliphatic hydroxyl groups excluding tert-OH is 1. The second kappa shape index (κ2) is 5.59. The zero-order chi connectivity index (χ0) is 13.2. The van der Waals surface area contributed by atoms with Crippen molar-refractivity contribution in [1.29, 1.82) is 0 Å². The van der Waals surface area contributed by atoms with Crippen LogP contribution in [0.4, 0.5) is 4.39 Å². The van der Waals surface area contributed by atoms with Crippen molar-refractivity contribution in [2.75, 3.05) is 6.54 Å². The number of hydrogen-bond donors (Lipinski definition) is 1. The van der Waals surface area contributed by atoms with Crippen LogP contribution in [-0.4, -0.2) is 28.7 Å². The molecule has 1 aliphatic heterocycles. The van der Waals surface area contributed by atoms with Crippen molar-refractivity contribution in [2.45, 2.75) is 50.8 Å². The molecule has 1 N–H and O–H groups in total. The van der Waals surface area contributed by atoms with Crippen LogP contribution in [0.15, 0.2) is 24.3 Å². The zero-order valence-electron chi connectivity index (χ0n) is 11.3. The SMILES string of the molecule is OC1CCCC1C1CCCN1Cc1ccc(F)cc1. The highest BCUT2D eigenvalue weighted by molar-refractivity contribution is 5.16. The van der Waals surface area contributed by atoms with Gasteiger partial charge in [0.2, 0.25) is 0 Å². The summed E-state index contributed by atoms with van der Waals surface area (Å²) in [6.07, 6.45) is 5.58. The molecule has 0 spiro atoms. The van der Waals surface area contributed by atoms with E-state index >= 15 is 0 Å². The fourth-order valence-corrected chi connectivity index (χ4v) is 3.78. The van der Waals surface area contributed by atoms with E-state index in [4.69, 9.17) is 0 Å². The van der Waals surface area contributed by atoms with Crippen LogP contribution >= 0.6 is 0 Å². The second-order valence-corrected chi connectivity index (χ2v) is 5.97. The third-order valence-electron chi connectivity index (χ3n) is 4.74. The Morgan fingerprint density at radius 2 is 1.89 bits per heavy atom. The fourth-order valence-electron chi connectivity index (χ4n) is 3.78. The quantitative estimate of drug-likeness (QED) is 0.906. The van der Waals surface area contributed by atoms with Gasteiger partial charge in [-0.2, -0.15) is 0 Å². The van der Waals surface area contributed by atoms with Gasteiger partial charge in [-0.15, -0.1) is 0 Å². The Balaban J connectivity index is 1.67. The van der Waals surface area contributed by atoms with Crippen LogP contribution in [0.3, 0.4) is 0 Å². The van der Waals surface area contributed by atoms with Gasteiger partial charge in [-0.1, -0.05) is 18.6 Å². The lowest BCUT2D eigenvalue weighted by Gasteiger charge is -2.31. The highest BCUT2D eigenvalue weighted by Crippen LogP contribution is 2.36. The van der Waals surface area contributed by atoms with Gasteiger partial charge in [-0.3, -0.25) is 4.90 Å². The average molecular weight is 263 g/mol. The topological polar surface area (TPSA) is 23.5 Å². The number of rotatable bonds is 3. The fraction of sp³-hybridized carbons (Fsp3) is 0.625. The van der Waals surface area contributed by atoms with Gasteiger partial charge in [0, 0.05) is 18.5 Å². The van der Waals surface area contributed by atoms with Gasteiger partial charge in [0.05, 0.1) is 6.10 Å². The Kier molecular flexibility index (Phi) is 3.85. The number of benzene rings is 1. The molecule has 0 radical (unpaired) electrons. The van der Waals surface area contributed by atoms with Crippen molar-refractivity contribution in [3.63, 3.8) is 0 Å². The lowest BCUT2D eigenvalue weighted by Crippen LogP contribution is -2.38. The summed E-state index contributed by atoms with van der Waals surface area (Å²) < 4.78 is 12.9. The van der Waals surface area contributed by atoms with Crippen LogP contribution < -0.4 is 0 Å². The van der Waals surface area contributed by atoms with Gasteiger partial charge < -0.3 is 5.11 Å². The normalized spacial score (nSPS) is 32.0. The van der Waals surface area contributed by atoms with E-state index in [-0.39, 0.29) is 11.9 Å². The maximum absolute atomic E-state index is 12.9. The molecule has 0 amide bonds. The number of hydrogen-bond acceptors (Lipinski definition) is 2. The van der Waals surface area contributed by atoms with Crippen molar-refractivity contribution in [3.05, 3.63) is 35.6 Å². The Bertz CT molecular complexity index is 419. The van der Waals surface area contributed by atoms with Crippen molar-refractivity contribution in [3.8, 4) is 0 Å². The minimum Gasteiger partial charge on any atom is -0.393 e. The van der Waals surface area contributed by atoms with Crippen molar-refractivity contribution < 1.29 is 9.50 Å². The minimum atomic E-state index is -0.173. The number of aliphatic hydroxyl groups is 1. The van der Waals surface area contributed by atoms with Crippen LogP contribution in [0.25, 0.3) is 0 Å². The van der Waals surface area contributed by atoms with Gasteiger partial charge in [0.15, 0.2) is 0 Å². The molecular weight excluding hydrogens is 241 g/mol. The zero-order valence-corrected chi connectivity index (χ0v) is 11.3. The summed E-state index contributed by atoms with van der Waals surface area (Å²) in [7, 11) is 0. The van der Waals surface area contributed by atoms with E-state index in [1.54, 1.807) is 0 Å². The first-order chi connectivity index (χ1) is 9.24. The van der Waals surface area contributed by atoms with E-state index < -0.39 is 0 Å². The monoisotopic (exact) mass is 263 g/mol. The number of halogens is 1. The molecule has 0 bridgehead atoms. The average Bonchev–Trinajstić information content (AvgIpc) is 3.01. The number of likely N-dealkylation sites (tertiary alicyclic amines) is 1. The van der Waals surface area contributed by atoms with E-state index in [0.717, 1.165) is 32.4 Å². The van der Waals surface area contributed by atoms with Gasteiger partial charge in [0.25, 0.3) is 0 Å². The Morgan fingerprint density at radius 3 is 2.58 bits per heavy atom. The molecule has 2 aliphatic rings. The van der Waals surface area contributed by atoms with Crippen LogP contribution in [0, 0.1) is 11.7 Å². The maximum atomic E-state index is 12.9. The molecule has 2 nitrogen and oxygen atoms in total. The van der Waals surface area contributed by atoms with E-state index in [1.165, 1.54) is 30.5 Å². The molecule has 104 valence electrons. The van der Waals surface area contributed by atoms with E-state index in [2.05, 4.69) is 4.90 Å². The number of nitrogens with zero attached hydrogens (tertiary/aromatic N) is 1. The smallest absolute Gasteiger partial charge is 0.123 e. The first kappa shape index (κ1) is 13.1. The van der Waals surface area contributed by atoms with Gasteiger partial charge >= 0.3 is 0 Å². The summed E-state index contributed by atoms with van der Waals surface area (Å²) in [6.45, 7) is 1.99. The first-order valence-corrected chi connectivity index (χ1v) is 7.40. The van der Waals surface area contributed by atoms with Crippen molar-refractivity contribution >= 4 is 0 Å². The molecule has 3 unspecified atom stereocenters. The summed E-state index contributed by atoms with van der Waals surface area (Å²) >= 11 is 0. The molecule has 3 atom stereocenters. The van der Waals surface area contributed by atoms with Crippen LogP contribution in [0.5, 0.6) is 0 Å². The molecule has 2 fully saturated rings. The Morgan fingerprint density at radius 1 is 1.11 bits per heavy atom. The largest absolute Gasteiger partial charge is 0.393 e. The summed E-state index contributed by atoms with van der Waals surface area (Å²) in [5.41, 5.74) is 1.17. The minimum absolute atomic E-state index is 0.112. The van der Waals surface area contributed by atoms with Crippen molar-refractivity contribution in [1.82, 2.24) is 4.90 Å². The predicted octanol–water partition coefficient (Wildman–Crippen LogP) is 2.95. The predicted molar refractivity (Wildman–Crippen MR) is 73.2 cm³/mol. The highest BCUT2D eigenvalue weighted by Gasteiger charge is 2.37. The standard InChI is InChI=1S/C16H22FNO/c17-13-8-6-12(7-9-13)11-18-10-2-4-15(18)14-3-1-5-16(14)19/h6-9,14-16,19H,1-5,10-11H2. The molecule has 1 aromatic rings. The lowest BCUT2D eigenvalue weighted by molar-refractivity contribution is 0.0719. The van der Waals surface area contributed by atoms with Gasteiger partial charge in [-0.25, -0.2) is 4.39 Å². The maximum Gasteiger partial charge on any atom is 0.123 e. The van der Waals surface area contributed by atoms with E-state index in [1.807, 2.05) is 12.1 Å². The molecule has 1 saturated heterocycles. The summed E-state index contributed by atoms with van der Waals surface area (Å²) in [4.78, 5) is 2.48. The van der Waals surface area contributed by atoms with Crippen molar-refractivity contribution in [2.24, 2.45) is 5.92 Å². The molecule has 3 rings (SSSR count). The summed E-state index contributed by atoms with van der Waals surface area (Å²) in [5.74, 6) is 0.274.